The van der Waals surface area contributed by atoms with E-state index in [0.717, 1.165) is 37.4 Å². The topological polar surface area (TPSA) is 41.9 Å². The molecule has 3 atom stereocenters. The summed E-state index contributed by atoms with van der Waals surface area (Å²) in [4.78, 5) is 2.86. The predicted octanol–water partition coefficient (Wildman–Crippen LogP) is 3.39. The number of benzene rings is 1. The average molecular weight is 367 g/mol. The van der Waals surface area contributed by atoms with Gasteiger partial charge in [-0.2, -0.15) is 0 Å². The molecule has 0 amide bonds. The van der Waals surface area contributed by atoms with Crippen molar-refractivity contribution in [2.45, 2.75) is 74.5 Å². The second-order valence-electron chi connectivity index (χ2n) is 10.3. The molecule has 4 heteroatoms. The highest BCUT2D eigenvalue weighted by atomic mass is 16.6. The van der Waals surface area contributed by atoms with Crippen LogP contribution in [-0.4, -0.2) is 48.0 Å². The van der Waals surface area contributed by atoms with Crippen molar-refractivity contribution >= 4 is 0 Å². The van der Waals surface area contributed by atoms with Crippen LogP contribution in [0, 0.1) is 11.3 Å². The van der Waals surface area contributed by atoms with Crippen LogP contribution in [0.2, 0.25) is 0 Å². The number of rotatable bonds is 3. The Bertz CT molecular complexity index is 838. The van der Waals surface area contributed by atoms with Crippen LogP contribution in [0.15, 0.2) is 12.1 Å². The van der Waals surface area contributed by atoms with Crippen molar-refractivity contribution in [2.24, 2.45) is 11.3 Å². The Kier molecular flexibility index (Phi) is 2.70. The van der Waals surface area contributed by atoms with Gasteiger partial charge in [0.25, 0.3) is 0 Å². The van der Waals surface area contributed by atoms with Gasteiger partial charge in [-0.3, -0.25) is 4.90 Å². The summed E-state index contributed by atoms with van der Waals surface area (Å²) < 4.78 is 12.9. The van der Waals surface area contributed by atoms with Crippen molar-refractivity contribution in [1.29, 1.82) is 0 Å². The molecule has 2 heterocycles. The third-order valence-corrected chi connectivity index (χ3v) is 9.59. The van der Waals surface area contributed by atoms with Crippen molar-refractivity contribution in [3.63, 3.8) is 0 Å². The number of aromatic hydroxyl groups is 1. The summed E-state index contributed by atoms with van der Waals surface area (Å²) in [5.41, 5.74) is 2.98. The molecular weight excluding hydrogens is 338 g/mol. The molecular formula is C23H29NO3. The second-order valence-corrected chi connectivity index (χ2v) is 10.3. The quantitative estimate of drug-likeness (QED) is 0.889. The molecule has 1 aromatic carbocycles. The zero-order valence-electron chi connectivity index (χ0n) is 16.2. The van der Waals surface area contributed by atoms with Crippen LogP contribution in [0.1, 0.15) is 56.1 Å². The van der Waals surface area contributed by atoms with Crippen molar-refractivity contribution in [1.82, 2.24) is 4.90 Å². The van der Waals surface area contributed by atoms with E-state index in [1.54, 1.807) is 0 Å². The van der Waals surface area contributed by atoms with Gasteiger partial charge in [-0.05, 0) is 80.9 Å². The number of hydrogen-bond donors (Lipinski definition) is 1. The lowest BCUT2D eigenvalue weighted by Crippen LogP contribution is -2.78. The molecule has 1 N–H and O–H groups in total. The van der Waals surface area contributed by atoms with E-state index in [1.165, 1.54) is 49.9 Å². The van der Waals surface area contributed by atoms with E-state index in [2.05, 4.69) is 11.0 Å². The minimum absolute atomic E-state index is 0.0475. The number of piperidine rings is 1. The van der Waals surface area contributed by atoms with E-state index in [9.17, 15) is 5.11 Å². The Morgan fingerprint density at radius 1 is 1.19 bits per heavy atom. The fourth-order valence-corrected chi connectivity index (χ4v) is 8.29. The molecule has 5 aliphatic carbocycles. The number of phenols is 1. The molecule has 4 nitrogen and oxygen atoms in total. The molecule has 144 valence electrons. The first kappa shape index (κ1) is 15.6. The van der Waals surface area contributed by atoms with E-state index >= 15 is 0 Å². The van der Waals surface area contributed by atoms with Crippen LogP contribution in [0.25, 0.3) is 0 Å². The van der Waals surface area contributed by atoms with Crippen LogP contribution in [0.5, 0.6) is 11.5 Å². The van der Waals surface area contributed by atoms with E-state index in [4.69, 9.17) is 9.47 Å². The van der Waals surface area contributed by atoms with Crippen LogP contribution in [0.4, 0.5) is 0 Å². The molecule has 0 aromatic heterocycles. The number of nitrogens with zero attached hydrogens (tertiary/aromatic N) is 1. The summed E-state index contributed by atoms with van der Waals surface area (Å²) in [5, 5.41) is 10.7. The molecule has 27 heavy (non-hydrogen) atoms. The fraction of sp³-hybridized carbons (Fsp3) is 0.739. The van der Waals surface area contributed by atoms with Gasteiger partial charge in [0.2, 0.25) is 0 Å². The van der Waals surface area contributed by atoms with Crippen molar-refractivity contribution in [2.75, 3.05) is 20.2 Å². The minimum Gasteiger partial charge on any atom is -0.504 e. The van der Waals surface area contributed by atoms with Gasteiger partial charge in [-0.1, -0.05) is 6.07 Å². The molecule has 2 aliphatic heterocycles. The maximum Gasteiger partial charge on any atom is 0.165 e. The largest absolute Gasteiger partial charge is 0.504 e. The van der Waals surface area contributed by atoms with E-state index < -0.39 is 0 Å². The van der Waals surface area contributed by atoms with Gasteiger partial charge in [0.05, 0.1) is 0 Å². The molecule has 5 fully saturated rings. The van der Waals surface area contributed by atoms with Gasteiger partial charge >= 0.3 is 0 Å². The molecule has 7 aliphatic rings. The van der Waals surface area contributed by atoms with Crippen molar-refractivity contribution < 1.29 is 14.6 Å². The normalized spacial score (nSPS) is 46.3. The van der Waals surface area contributed by atoms with Crippen LogP contribution < -0.4 is 4.74 Å². The van der Waals surface area contributed by atoms with Gasteiger partial charge < -0.3 is 14.6 Å². The first-order chi connectivity index (χ1) is 13.1. The van der Waals surface area contributed by atoms with Gasteiger partial charge in [-0.25, -0.2) is 0 Å². The highest BCUT2D eigenvalue weighted by Gasteiger charge is 2.78. The number of fused-ring (bicyclic) bond motifs is 2. The molecule has 3 unspecified atom stereocenters. The zero-order valence-corrected chi connectivity index (χ0v) is 16.2. The number of phenolic OH excluding ortho intramolecular Hbond substituents is 1. The monoisotopic (exact) mass is 367 g/mol. The Morgan fingerprint density at radius 2 is 2.00 bits per heavy atom. The molecule has 1 aromatic rings. The standard InChI is InChI=1S/C23H29NO3/c1-26-22-8-6-21(7-9-22)17-12-15-4-5-16(25)19-18(15)23(21,20(22)27-19)10-11-24(17)13-14-2-3-14/h4-5,14,17,20,25H,2-3,6-13H2,1H3. The van der Waals surface area contributed by atoms with Crippen molar-refractivity contribution in [3.05, 3.63) is 23.3 Å². The van der Waals surface area contributed by atoms with Gasteiger partial charge in [0, 0.05) is 30.7 Å². The molecule has 4 saturated carbocycles. The van der Waals surface area contributed by atoms with Gasteiger partial charge in [0.15, 0.2) is 11.5 Å². The molecule has 8 rings (SSSR count). The Morgan fingerprint density at radius 3 is 2.74 bits per heavy atom. The van der Waals surface area contributed by atoms with Crippen LogP contribution in [-0.2, 0) is 16.6 Å². The summed E-state index contributed by atoms with van der Waals surface area (Å²) in [6.45, 7) is 2.47. The van der Waals surface area contributed by atoms with Gasteiger partial charge in [-0.15, -0.1) is 0 Å². The summed E-state index contributed by atoms with van der Waals surface area (Å²) >= 11 is 0. The average Bonchev–Trinajstić information content (AvgIpc) is 3.43. The summed E-state index contributed by atoms with van der Waals surface area (Å²) in [5.74, 6) is 2.06. The number of methoxy groups -OCH3 is 1. The van der Waals surface area contributed by atoms with E-state index in [-0.39, 0.29) is 17.1 Å². The lowest BCUT2D eigenvalue weighted by molar-refractivity contribution is -0.251. The van der Waals surface area contributed by atoms with Gasteiger partial charge in [0.1, 0.15) is 11.7 Å². The maximum absolute atomic E-state index is 10.7. The van der Waals surface area contributed by atoms with Crippen LogP contribution in [0.3, 0.4) is 0 Å². The lowest BCUT2D eigenvalue weighted by Gasteiger charge is -2.72. The summed E-state index contributed by atoms with van der Waals surface area (Å²) in [6.07, 6.45) is 9.93. The Labute approximate surface area is 160 Å². The molecule has 0 radical (unpaired) electrons. The first-order valence-electron chi connectivity index (χ1n) is 10.9. The predicted molar refractivity (Wildman–Crippen MR) is 101 cm³/mol. The number of ether oxygens (including phenoxy) is 2. The highest BCUT2D eigenvalue weighted by Crippen LogP contribution is 2.75. The lowest BCUT2D eigenvalue weighted by atomic mass is 9.36. The fourth-order valence-electron chi connectivity index (χ4n) is 8.29. The van der Waals surface area contributed by atoms with Crippen LogP contribution >= 0.6 is 0 Å². The second kappa shape index (κ2) is 4.65. The third kappa shape index (κ3) is 1.55. The van der Waals surface area contributed by atoms with Crippen molar-refractivity contribution in [3.8, 4) is 11.5 Å². The number of likely N-dealkylation sites (tertiary alicyclic amines) is 1. The molecule has 2 spiro atoms. The number of hydrogen-bond acceptors (Lipinski definition) is 4. The first-order valence-corrected chi connectivity index (χ1v) is 10.9. The third-order valence-electron chi connectivity index (χ3n) is 9.59. The smallest absolute Gasteiger partial charge is 0.165 e. The molecule has 4 bridgehead atoms. The Hall–Kier alpha value is -1.26. The SMILES string of the molecule is COC12CCC3(CC1)C1Cc4ccc(O)c5c4C3(CCN1CC1CC1)C2O5. The van der Waals surface area contributed by atoms with E-state index in [0.29, 0.717) is 17.2 Å². The Balaban J connectivity index is 1.48. The zero-order chi connectivity index (χ0) is 18.0. The maximum atomic E-state index is 10.7. The molecule has 1 saturated heterocycles. The highest BCUT2D eigenvalue weighted by molar-refractivity contribution is 5.63. The van der Waals surface area contributed by atoms with E-state index in [1.807, 2.05) is 13.2 Å². The summed E-state index contributed by atoms with van der Waals surface area (Å²) in [6, 6.07) is 4.68. The summed E-state index contributed by atoms with van der Waals surface area (Å²) in [7, 11) is 1.88. The minimum atomic E-state index is -0.176.